The third-order valence-electron chi connectivity index (χ3n) is 3.60. The molecule has 1 aromatic heterocycles. The van der Waals surface area contributed by atoms with Gasteiger partial charge in [-0.15, -0.1) is 0 Å². The lowest BCUT2D eigenvalue weighted by Crippen LogP contribution is -2.19. The van der Waals surface area contributed by atoms with E-state index in [2.05, 4.69) is 42.5 Å². The van der Waals surface area contributed by atoms with E-state index >= 15 is 0 Å². The van der Waals surface area contributed by atoms with Gasteiger partial charge in [-0.3, -0.25) is 4.79 Å². The second-order valence-corrected chi connectivity index (χ2v) is 6.58. The van der Waals surface area contributed by atoms with E-state index in [-0.39, 0.29) is 5.91 Å². The summed E-state index contributed by atoms with van der Waals surface area (Å²) in [4.78, 5) is 17.1. The highest BCUT2D eigenvalue weighted by Gasteiger charge is 2.10. The van der Waals surface area contributed by atoms with E-state index < -0.39 is 0 Å². The van der Waals surface area contributed by atoms with Crippen LogP contribution in [0.2, 0.25) is 0 Å². The lowest BCUT2D eigenvalue weighted by atomic mass is 10.1. The molecule has 0 saturated heterocycles. The first kappa shape index (κ1) is 16.9. The molecule has 0 bridgehead atoms. The van der Waals surface area contributed by atoms with Gasteiger partial charge >= 0.3 is 0 Å². The van der Waals surface area contributed by atoms with E-state index in [0.29, 0.717) is 19.6 Å². The maximum absolute atomic E-state index is 12.0. The molecule has 0 aliphatic heterocycles. The van der Waals surface area contributed by atoms with Gasteiger partial charge in [-0.1, -0.05) is 30.7 Å². The molecule has 120 valence electrons. The zero-order chi connectivity index (χ0) is 16.1. The number of benzene rings is 1. The summed E-state index contributed by atoms with van der Waals surface area (Å²) in [5.74, 6) is -0.0334. The Morgan fingerprint density at radius 3 is 2.82 bits per heavy atom. The van der Waals surface area contributed by atoms with Crippen LogP contribution < -0.4 is 4.80 Å². The Bertz CT molecular complexity index is 728. The summed E-state index contributed by atoms with van der Waals surface area (Å²) < 4.78 is 8.50. The number of unbranched alkanes of at least 4 members (excludes halogenated alkanes) is 1. The van der Waals surface area contributed by atoms with Crippen LogP contribution in [0.25, 0.3) is 10.2 Å². The average Bonchev–Trinajstić information content (AvgIpc) is 2.80. The summed E-state index contributed by atoms with van der Waals surface area (Å²) in [6.07, 6.45) is 2.42. The predicted octanol–water partition coefficient (Wildman–Crippen LogP) is 3.58. The van der Waals surface area contributed by atoms with Gasteiger partial charge < -0.3 is 9.30 Å². The van der Waals surface area contributed by atoms with E-state index in [1.54, 1.807) is 18.4 Å². The van der Waals surface area contributed by atoms with Crippen molar-refractivity contribution in [1.82, 2.24) is 4.57 Å². The second-order valence-electron chi connectivity index (χ2n) is 5.57. The smallest absolute Gasteiger partial charge is 0.248 e. The molecule has 1 amide bonds. The highest BCUT2D eigenvalue weighted by molar-refractivity contribution is 7.16. The van der Waals surface area contributed by atoms with Crippen LogP contribution in [-0.4, -0.2) is 24.2 Å². The molecule has 0 N–H and O–H groups in total. The fourth-order valence-corrected chi connectivity index (χ4v) is 3.81. The van der Waals surface area contributed by atoms with Crippen molar-refractivity contribution in [3.63, 3.8) is 0 Å². The maximum atomic E-state index is 12.0. The lowest BCUT2D eigenvalue weighted by molar-refractivity contribution is -0.118. The Kier molecular flexibility index (Phi) is 5.91. The van der Waals surface area contributed by atoms with E-state index in [0.717, 1.165) is 23.2 Å². The Morgan fingerprint density at radius 1 is 1.36 bits per heavy atom. The molecule has 0 unspecified atom stereocenters. The number of nitrogens with zero attached hydrogens (tertiary/aromatic N) is 2. The second kappa shape index (κ2) is 7.70. The molecule has 0 atom stereocenters. The molecule has 1 heterocycles. The van der Waals surface area contributed by atoms with Crippen LogP contribution in [0.4, 0.5) is 0 Å². The standard InChI is InChI=1S/C17H24N2O2S/c1-5-6-7-15(20)18-17-19(8-9-21-4)16-13(3)10-12(2)11-14(16)22-17/h10-11H,5-9H2,1-4H3. The van der Waals surface area contributed by atoms with E-state index in [1.807, 2.05) is 0 Å². The SMILES string of the molecule is CCCCC(=O)N=c1sc2cc(C)cc(C)c2n1CCOC. The number of fused-ring (bicyclic) bond motifs is 1. The number of amides is 1. The molecule has 2 rings (SSSR count). The molecular formula is C17H24N2O2S. The van der Waals surface area contributed by atoms with Gasteiger partial charge in [0.2, 0.25) is 5.91 Å². The van der Waals surface area contributed by atoms with Crippen LogP contribution in [0.3, 0.4) is 0 Å². The molecule has 0 fully saturated rings. The zero-order valence-electron chi connectivity index (χ0n) is 13.8. The van der Waals surface area contributed by atoms with Gasteiger partial charge in [0.25, 0.3) is 0 Å². The Hall–Kier alpha value is -1.46. The van der Waals surface area contributed by atoms with Gasteiger partial charge in [0, 0.05) is 20.1 Å². The highest BCUT2D eigenvalue weighted by Crippen LogP contribution is 2.23. The van der Waals surface area contributed by atoms with Crippen LogP contribution in [-0.2, 0) is 16.1 Å². The first-order chi connectivity index (χ1) is 10.6. The number of rotatable bonds is 6. The van der Waals surface area contributed by atoms with Crippen molar-refractivity contribution < 1.29 is 9.53 Å². The number of carbonyl (C=O) groups is 1. The molecular weight excluding hydrogens is 296 g/mol. The van der Waals surface area contributed by atoms with Gasteiger partial charge in [0.15, 0.2) is 4.80 Å². The zero-order valence-corrected chi connectivity index (χ0v) is 14.6. The number of ether oxygens (including phenoxy) is 1. The summed E-state index contributed by atoms with van der Waals surface area (Å²) in [6, 6.07) is 4.33. The quantitative estimate of drug-likeness (QED) is 0.816. The van der Waals surface area contributed by atoms with Crippen molar-refractivity contribution in [3.05, 3.63) is 28.1 Å². The summed E-state index contributed by atoms with van der Waals surface area (Å²) in [5, 5.41) is 0. The minimum absolute atomic E-state index is 0.0334. The molecule has 4 nitrogen and oxygen atoms in total. The summed E-state index contributed by atoms with van der Waals surface area (Å²) in [7, 11) is 1.69. The fourth-order valence-electron chi connectivity index (χ4n) is 2.56. The molecule has 22 heavy (non-hydrogen) atoms. The van der Waals surface area contributed by atoms with Crippen molar-refractivity contribution in [2.45, 2.75) is 46.6 Å². The topological polar surface area (TPSA) is 43.6 Å². The van der Waals surface area contributed by atoms with E-state index in [9.17, 15) is 4.79 Å². The molecule has 0 spiro atoms. The van der Waals surface area contributed by atoms with Gasteiger partial charge in [0.1, 0.15) is 0 Å². The number of carbonyl (C=O) groups excluding carboxylic acids is 1. The Balaban J connectivity index is 2.54. The molecule has 2 aromatic rings. The molecule has 0 aliphatic carbocycles. The van der Waals surface area contributed by atoms with Gasteiger partial charge in [0.05, 0.1) is 16.8 Å². The van der Waals surface area contributed by atoms with Crippen LogP contribution >= 0.6 is 11.3 Å². The molecule has 5 heteroatoms. The fraction of sp³-hybridized carbons (Fsp3) is 0.529. The number of aryl methyl sites for hydroxylation is 2. The summed E-state index contributed by atoms with van der Waals surface area (Å²) in [6.45, 7) is 7.59. The summed E-state index contributed by atoms with van der Waals surface area (Å²) >= 11 is 1.58. The van der Waals surface area contributed by atoms with Crippen LogP contribution in [0.5, 0.6) is 0 Å². The van der Waals surface area contributed by atoms with Crippen LogP contribution in [0.15, 0.2) is 17.1 Å². The van der Waals surface area contributed by atoms with Crippen molar-refractivity contribution in [2.24, 2.45) is 4.99 Å². The highest BCUT2D eigenvalue weighted by atomic mass is 32.1. The minimum atomic E-state index is -0.0334. The average molecular weight is 320 g/mol. The van der Waals surface area contributed by atoms with Crippen molar-refractivity contribution in [3.8, 4) is 0 Å². The molecule has 1 aromatic carbocycles. The normalized spacial score (nSPS) is 12.3. The van der Waals surface area contributed by atoms with Crippen LogP contribution in [0.1, 0.15) is 37.3 Å². The Labute approximate surface area is 135 Å². The Morgan fingerprint density at radius 2 is 2.14 bits per heavy atom. The molecule has 0 aliphatic rings. The van der Waals surface area contributed by atoms with Gasteiger partial charge in [-0.05, 0) is 37.5 Å². The first-order valence-electron chi connectivity index (χ1n) is 7.74. The third-order valence-corrected chi connectivity index (χ3v) is 4.62. The van der Waals surface area contributed by atoms with Crippen LogP contribution in [0, 0.1) is 13.8 Å². The van der Waals surface area contributed by atoms with Crippen molar-refractivity contribution >= 4 is 27.5 Å². The summed E-state index contributed by atoms with van der Waals surface area (Å²) in [5.41, 5.74) is 3.61. The minimum Gasteiger partial charge on any atom is -0.383 e. The maximum Gasteiger partial charge on any atom is 0.248 e. The monoisotopic (exact) mass is 320 g/mol. The van der Waals surface area contributed by atoms with Gasteiger partial charge in [-0.2, -0.15) is 4.99 Å². The lowest BCUT2D eigenvalue weighted by Gasteiger charge is -2.07. The number of hydrogen-bond acceptors (Lipinski definition) is 3. The number of thiazole rings is 1. The number of hydrogen-bond donors (Lipinski definition) is 0. The first-order valence-corrected chi connectivity index (χ1v) is 8.55. The molecule has 0 radical (unpaired) electrons. The van der Waals surface area contributed by atoms with E-state index in [1.165, 1.54) is 15.8 Å². The molecule has 0 saturated carbocycles. The van der Waals surface area contributed by atoms with Gasteiger partial charge in [-0.25, -0.2) is 0 Å². The van der Waals surface area contributed by atoms with E-state index in [4.69, 9.17) is 4.74 Å². The number of aromatic nitrogens is 1. The third kappa shape index (κ3) is 3.84. The van der Waals surface area contributed by atoms with Crippen molar-refractivity contribution in [2.75, 3.05) is 13.7 Å². The largest absolute Gasteiger partial charge is 0.383 e. The van der Waals surface area contributed by atoms with Crippen molar-refractivity contribution in [1.29, 1.82) is 0 Å². The number of methoxy groups -OCH3 is 1. The predicted molar refractivity (Wildman–Crippen MR) is 91.3 cm³/mol.